The number of ether oxygens (including phenoxy) is 1. The summed E-state index contributed by atoms with van der Waals surface area (Å²) in [5, 5.41) is 21.6. The lowest BCUT2D eigenvalue weighted by Gasteiger charge is -2.31. The number of nitrogens with one attached hydrogen (secondary N) is 2. The maximum Gasteiger partial charge on any atom is 0.268 e. The fraction of sp³-hybridized carbons (Fsp3) is 0.333. The third kappa shape index (κ3) is 5.53. The highest BCUT2D eigenvalue weighted by molar-refractivity contribution is 6.72. The van der Waals surface area contributed by atoms with Crippen LogP contribution in [0.4, 0.5) is 21.2 Å². The first-order valence-corrected chi connectivity index (χ1v) is 19.3. The quantitative estimate of drug-likeness (QED) is 0.124. The smallest absolute Gasteiger partial charge is 0.268 e. The lowest BCUT2D eigenvalue weighted by atomic mass is 9.82. The Hall–Kier alpha value is -4.65. The highest BCUT2D eigenvalue weighted by atomic mass is 28.4. The fourth-order valence-corrected chi connectivity index (χ4v) is 10.3. The number of fused-ring (bicyclic) bond motifs is 3. The molecule has 0 saturated carbocycles. The van der Waals surface area contributed by atoms with Gasteiger partial charge in [-0.15, -0.1) is 5.10 Å². The van der Waals surface area contributed by atoms with Crippen molar-refractivity contribution in [3.05, 3.63) is 102 Å². The van der Waals surface area contributed by atoms with Gasteiger partial charge in [-0.1, -0.05) is 48.5 Å². The first kappa shape index (κ1) is 31.9. The molecule has 48 heavy (non-hydrogen) atoms. The maximum absolute atomic E-state index is 16.3. The molecule has 4 atom stereocenters. The number of aromatic amines is 1. The van der Waals surface area contributed by atoms with Gasteiger partial charge >= 0.3 is 0 Å². The van der Waals surface area contributed by atoms with Gasteiger partial charge in [-0.05, 0) is 61.5 Å². The number of para-hydroxylation sites is 2. The van der Waals surface area contributed by atoms with Gasteiger partial charge in [0.1, 0.15) is 0 Å². The Labute approximate surface area is 279 Å². The molecule has 2 amide bonds. The predicted octanol–water partition coefficient (Wildman–Crippen LogP) is 6.02. The summed E-state index contributed by atoms with van der Waals surface area (Å²) in [7, 11) is -3.39. The molecule has 10 nitrogen and oxygen atoms in total. The molecule has 3 N–H and O–H groups in total. The number of nitrogens with zero attached hydrogens (tertiary/aromatic N) is 4. The van der Waals surface area contributed by atoms with Crippen LogP contribution in [0.15, 0.2) is 85.2 Å². The number of amides is 2. The zero-order valence-corrected chi connectivity index (χ0v) is 28.2. The van der Waals surface area contributed by atoms with E-state index in [1.165, 1.54) is 0 Å². The number of anilines is 3. The summed E-state index contributed by atoms with van der Waals surface area (Å²) >= 11 is 0. The van der Waals surface area contributed by atoms with Crippen molar-refractivity contribution in [2.45, 2.75) is 63.1 Å². The van der Waals surface area contributed by atoms with Gasteiger partial charge in [0.05, 0.1) is 23.9 Å². The fourth-order valence-electron chi connectivity index (χ4n) is 7.75. The van der Waals surface area contributed by atoms with Gasteiger partial charge in [0.2, 0.25) is 14.3 Å². The Bertz CT molecular complexity index is 1970. The Kier molecular flexibility index (Phi) is 8.26. The molecular formula is C36H39FN6O4Si. The predicted molar refractivity (Wildman–Crippen MR) is 184 cm³/mol. The van der Waals surface area contributed by atoms with Gasteiger partial charge in [0.15, 0.2) is 5.60 Å². The molecule has 1 spiro atoms. The average Bonchev–Trinajstić information content (AvgIpc) is 3.81. The lowest BCUT2D eigenvalue weighted by molar-refractivity contribution is -0.145. The number of aliphatic hydroxyl groups is 1. The number of carbonyl (C=O) groups excluding carboxylic acids is 2. The van der Waals surface area contributed by atoms with Crippen molar-refractivity contribution in [2.24, 2.45) is 5.92 Å². The lowest BCUT2D eigenvalue weighted by Crippen LogP contribution is -2.44. The second-order valence-corrected chi connectivity index (χ2v) is 17.1. The highest BCUT2D eigenvalue weighted by Crippen LogP contribution is 2.61. The topological polar surface area (TPSA) is 125 Å². The van der Waals surface area contributed by atoms with Gasteiger partial charge in [-0.3, -0.25) is 19.2 Å². The van der Waals surface area contributed by atoms with E-state index in [1.807, 2.05) is 79.9 Å². The summed E-state index contributed by atoms with van der Waals surface area (Å²) in [5.74, 6) is -0.956. The monoisotopic (exact) mass is 666 g/mol. The zero-order chi connectivity index (χ0) is 33.6. The van der Waals surface area contributed by atoms with Gasteiger partial charge < -0.3 is 24.3 Å². The van der Waals surface area contributed by atoms with E-state index in [0.29, 0.717) is 47.7 Å². The van der Waals surface area contributed by atoms with Crippen molar-refractivity contribution in [1.29, 1.82) is 0 Å². The first-order valence-electron chi connectivity index (χ1n) is 16.4. The molecule has 7 rings (SSSR count). The van der Waals surface area contributed by atoms with E-state index in [-0.39, 0.29) is 24.8 Å². The summed E-state index contributed by atoms with van der Waals surface area (Å²) in [4.78, 5) is 33.0. The molecule has 12 heteroatoms. The minimum Gasteiger partial charge on any atom is -0.396 e. The first-order chi connectivity index (χ1) is 23.1. The van der Waals surface area contributed by atoms with Gasteiger partial charge in [0.25, 0.3) is 5.91 Å². The molecule has 0 radical (unpaired) electrons. The number of halogens is 1. The Morgan fingerprint density at radius 2 is 1.90 bits per heavy atom. The minimum absolute atomic E-state index is 0.0287. The average molecular weight is 667 g/mol. The summed E-state index contributed by atoms with van der Waals surface area (Å²) in [6.45, 7) is 5.66. The normalized spacial score (nSPS) is 22.1. The second-order valence-electron chi connectivity index (χ2n) is 13.3. The van der Waals surface area contributed by atoms with E-state index < -0.39 is 31.6 Å². The number of aliphatic hydroxyl groups excluding tert-OH is 1. The van der Waals surface area contributed by atoms with Crippen LogP contribution in [0, 0.1) is 5.92 Å². The van der Waals surface area contributed by atoms with Crippen molar-refractivity contribution in [2.75, 3.05) is 16.8 Å². The van der Waals surface area contributed by atoms with Crippen LogP contribution in [0.2, 0.25) is 18.6 Å². The van der Waals surface area contributed by atoms with E-state index >= 15 is 4.11 Å². The van der Waals surface area contributed by atoms with Crippen LogP contribution in [0.1, 0.15) is 30.2 Å². The number of carbonyl (C=O) groups is 2. The number of aromatic nitrogens is 4. The molecule has 2 aliphatic rings. The summed E-state index contributed by atoms with van der Waals surface area (Å²) < 4.78 is 24.9. The second kappa shape index (κ2) is 12.4. The van der Waals surface area contributed by atoms with Crippen LogP contribution in [-0.2, 0) is 39.3 Å². The number of aryl methyl sites for hydroxylation is 1. The van der Waals surface area contributed by atoms with Gasteiger partial charge in [-0.2, -0.15) is 0 Å². The molecule has 0 unspecified atom stereocenters. The van der Waals surface area contributed by atoms with Crippen LogP contribution in [0.3, 0.4) is 0 Å². The van der Waals surface area contributed by atoms with Crippen molar-refractivity contribution >= 4 is 48.2 Å². The minimum atomic E-state index is -3.39. The highest BCUT2D eigenvalue weighted by Gasteiger charge is 2.67. The van der Waals surface area contributed by atoms with Crippen molar-refractivity contribution in [3.8, 4) is 0 Å². The van der Waals surface area contributed by atoms with E-state index in [1.54, 1.807) is 34.9 Å². The standard InChI is InChI=1S/C36H39FN6O4Si/c1-23-34(48(2,3)37)32(15-17-42-22-26(16-18-44)40-41-42)47-36(23)29-20-25(13-14-31(29)43(35(36)46)27-9-5-4-6-10-27)39-33(45)19-24-21-38-30-12-8-7-11-28(24)30/h4-14,20-23,32,34,38,44H,15-19H2,1-3H3,(H,39,45)/t23-,32+,34-,36+/m0/s1. The molecule has 2 aliphatic heterocycles. The molecule has 4 heterocycles. The van der Waals surface area contributed by atoms with Crippen LogP contribution in [0.25, 0.3) is 10.9 Å². The van der Waals surface area contributed by atoms with Gasteiger partial charge in [-0.25, -0.2) is 0 Å². The van der Waals surface area contributed by atoms with Crippen LogP contribution >= 0.6 is 0 Å². The Balaban J connectivity index is 1.24. The number of hydrogen-bond acceptors (Lipinski definition) is 6. The molecule has 248 valence electrons. The molecule has 1 saturated heterocycles. The number of hydrogen-bond donors (Lipinski definition) is 3. The SMILES string of the molecule is C[C@H]1[C@H]([Si](C)(C)F)[C@@H](CCn2cc(CCO)nn2)O[C@]12C(=O)N(c1ccccc1)c1ccc(NC(=O)Cc3c[nH]c4ccccc34)cc12. The Morgan fingerprint density at radius 1 is 1.12 bits per heavy atom. The largest absolute Gasteiger partial charge is 0.396 e. The van der Waals surface area contributed by atoms with Crippen molar-refractivity contribution in [1.82, 2.24) is 20.0 Å². The molecule has 0 aliphatic carbocycles. The summed E-state index contributed by atoms with van der Waals surface area (Å²) in [6, 6.07) is 22.7. The molecule has 3 aromatic carbocycles. The van der Waals surface area contributed by atoms with Crippen molar-refractivity contribution in [3.63, 3.8) is 0 Å². The third-order valence-electron chi connectivity index (χ3n) is 9.79. The van der Waals surface area contributed by atoms with E-state index in [9.17, 15) is 14.7 Å². The molecule has 5 aromatic rings. The van der Waals surface area contributed by atoms with Crippen molar-refractivity contribution < 1.29 is 23.5 Å². The molecule has 1 fully saturated rings. The van der Waals surface area contributed by atoms with Gasteiger partial charge in [0, 0.05) is 71.3 Å². The number of benzene rings is 3. The molecule has 0 bridgehead atoms. The molecular weight excluding hydrogens is 628 g/mol. The number of H-pyrrole nitrogens is 1. The summed E-state index contributed by atoms with van der Waals surface area (Å²) in [5.41, 5.74) is 3.05. The molecule has 2 aromatic heterocycles. The Morgan fingerprint density at radius 3 is 2.67 bits per heavy atom. The summed E-state index contributed by atoms with van der Waals surface area (Å²) in [6.07, 6.45) is 4.05. The number of rotatable bonds is 10. The van der Waals surface area contributed by atoms with E-state index in [4.69, 9.17) is 4.74 Å². The van der Waals surface area contributed by atoms with Crippen LogP contribution in [0.5, 0.6) is 0 Å². The maximum atomic E-state index is 16.3. The van der Waals surface area contributed by atoms with Crippen LogP contribution < -0.4 is 10.2 Å². The van der Waals surface area contributed by atoms with E-state index in [2.05, 4.69) is 20.6 Å². The third-order valence-corrected chi connectivity index (χ3v) is 12.2. The van der Waals surface area contributed by atoms with Crippen LogP contribution in [-0.4, -0.2) is 58.0 Å². The van der Waals surface area contributed by atoms with E-state index in [0.717, 1.165) is 16.5 Å². The zero-order valence-electron chi connectivity index (χ0n) is 27.2.